The molecule has 1 aromatic heterocycles. The van der Waals surface area contributed by atoms with E-state index < -0.39 is 11.9 Å². The summed E-state index contributed by atoms with van der Waals surface area (Å²) in [6, 6.07) is 1.72. The maximum absolute atomic E-state index is 11.8. The molecular weight excluding hydrogens is 306 g/mol. The molecule has 0 aromatic carbocycles. The number of amides is 1. The van der Waals surface area contributed by atoms with Gasteiger partial charge in [-0.3, -0.25) is 9.69 Å². The van der Waals surface area contributed by atoms with E-state index in [0.29, 0.717) is 24.0 Å². The first kappa shape index (κ1) is 18.6. The highest BCUT2D eigenvalue weighted by Crippen LogP contribution is 2.15. The lowest BCUT2D eigenvalue weighted by atomic mass is 10.0. The summed E-state index contributed by atoms with van der Waals surface area (Å²) < 4.78 is 4.89. The summed E-state index contributed by atoms with van der Waals surface area (Å²) in [7, 11) is 0. The van der Waals surface area contributed by atoms with Gasteiger partial charge < -0.3 is 20.1 Å². The first-order chi connectivity index (χ1) is 10.8. The molecule has 1 aliphatic rings. The van der Waals surface area contributed by atoms with E-state index in [-0.39, 0.29) is 5.91 Å². The minimum absolute atomic E-state index is 0.0209. The quantitative estimate of drug-likeness (QED) is 0.695. The van der Waals surface area contributed by atoms with Gasteiger partial charge in [0.2, 0.25) is 5.91 Å². The van der Waals surface area contributed by atoms with E-state index in [1.807, 2.05) is 0 Å². The molecule has 1 aliphatic heterocycles. The van der Waals surface area contributed by atoms with Crippen molar-refractivity contribution in [1.29, 1.82) is 0 Å². The molecule has 0 bridgehead atoms. The number of carboxylic acids is 2. The van der Waals surface area contributed by atoms with Gasteiger partial charge in [-0.05, 0) is 32.2 Å². The van der Waals surface area contributed by atoms with E-state index in [0.717, 1.165) is 13.1 Å². The fraction of sp³-hybridized carbons (Fsp3) is 0.571. The highest BCUT2D eigenvalue weighted by molar-refractivity contribution is 6.27. The van der Waals surface area contributed by atoms with E-state index >= 15 is 0 Å². The number of nitrogens with zero attached hydrogens (tertiary/aromatic N) is 2. The number of aromatic nitrogens is 1. The van der Waals surface area contributed by atoms with Crippen molar-refractivity contribution in [2.24, 2.45) is 5.92 Å². The summed E-state index contributed by atoms with van der Waals surface area (Å²) in [4.78, 5) is 32.2. The average Bonchev–Trinajstić information content (AvgIpc) is 2.84. The third-order valence-electron chi connectivity index (χ3n) is 3.19. The number of likely N-dealkylation sites (tertiary alicyclic amines) is 1. The van der Waals surface area contributed by atoms with Crippen molar-refractivity contribution in [3.8, 4) is 0 Å². The van der Waals surface area contributed by atoms with Crippen molar-refractivity contribution in [1.82, 2.24) is 10.1 Å². The van der Waals surface area contributed by atoms with E-state index in [1.54, 1.807) is 13.0 Å². The van der Waals surface area contributed by atoms with E-state index in [2.05, 4.69) is 22.3 Å². The first-order valence-corrected chi connectivity index (χ1v) is 7.19. The van der Waals surface area contributed by atoms with Gasteiger partial charge in [-0.1, -0.05) is 12.1 Å². The van der Waals surface area contributed by atoms with Gasteiger partial charge in [0, 0.05) is 12.6 Å². The number of carbonyl (C=O) groups excluding carboxylic acids is 1. The Morgan fingerprint density at radius 2 is 2.04 bits per heavy atom. The SMILES string of the molecule is Cc1cc(NC(=O)CN2CCCC(C)C2)no1.O=C(O)C(=O)O. The predicted molar refractivity (Wildman–Crippen MR) is 80.0 cm³/mol. The Kier molecular flexibility index (Phi) is 7.20. The predicted octanol–water partition coefficient (Wildman–Crippen LogP) is 0.809. The summed E-state index contributed by atoms with van der Waals surface area (Å²) in [5, 5.41) is 21.3. The minimum atomic E-state index is -1.82. The Bertz CT molecular complexity index is 544. The molecule has 0 aliphatic carbocycles. The molecule has 0 saturated carbocycles. The van der Waals surface area contributed by atoms with Crippen molar-refractivity contribution >= 4 is 23.7 Å². The Morgan fingerprint density at radius 3 is 2.52 bits per heavy atom. The number of aryl methyl sites for hydroxylation is 1. The smallest absolute Gasteiger partial charge is 0.414 e. The van der Waals surface area contributed by atoms with E-state index in [4.69, 9.17) is 24.3 Å². The molecule has 128 valence electrons. The fourth-order valence-corrected chi connectivity index (χ4v) is 2.24. The number of carbonyl (C=O) groups is 3. The second-order valence-corrected chi connectivity index (χ2v) is 5.46. The van der Waals surface area contributed by atoms with Crippen molar-refractivity contribution in [2.75, 3.05) is 25.0 Å². The van der Waals surface area contributed by atoms with Crippen LogP contribution in [0.25, 0.3) is 0 Å². The van der Waals surface area contributed by atoms with Gasteiger partial charge in [0.15, 0.2) is 5.82 Å². The molecule has 9 nitrogen and oxygen atoms in total. The number of hydrogen-bond acceptors (Lipinski definition) is 6. The monoisotopic (exact) mass is 327 g/mol. The average molecular weight is 327 g/mol. The molecule has 1 fully saturated rings. The molecule has 0 radical (unpaired) electrons. The molecule has 1 atom stereocenters. The Balaban J connectivity index is 0.000000379. The van der Waals surface area contributed by atoms with Crippen LogP contribution in [0.5, 0.6) is 0 Å². The number of rotatable bonds is 3. The number of carboxylic acid groups (broad SMARTS) is 2. The highest BCUT2D eigenvalue weighted by atomic mass is 16.5. The van der Waals surface area contributed by atoms with Crippen LogP contribution >= 0.6 is 0 Å². The zero-order valence-corrected chi connectivity index (χ0v) is 13.1. The summed E-state index contributed by atoms with van der Waals surface area (Å²) in [6.07, 6.45) is 2.44. The number of nitrogens with one attached hydrogen (secondary N) is 1. The number of anilines is 1. The molecule has 1 unspecified atom stereocenters. The van der Waals surface area contributed by atoms with Gasteiger partial charge >= 0.3 is 11.9 Å². The fourth-order valence-electron chi connectivity index (χ4n) is 2.24. The molecular formula is C14H21N3O6. The lowest BCUT2D eigenvalue weighted by Gasteiger charge is -2.29. The zero-order chi connectivity index (χ0) is 17.4. The summed E-state index contributed by atoms with van der Waals surface area (Å²) >= 11 is 0. The molecule has 1 amide bonds. The number of aliphatic carboxylic acids is 2. The van der Waals surface area contributed by atoms with Gasteiger partial charge in [-0.25, -0.2) is 9.59 Å². The van der Waals surface area contributed by atoms with Crippen molar-refractivity contribution in [3.63, 3.8) is 0 Å². The summed E-state index contributed by atoms with van der Waals surface area (Å²) in [5.74, 6) is -1.78. The van der Waals surface area contributed by atoms with Crippen molar-refractivity contribution in [2.45, 2.75) is 26.7 Å². The molecule has 1 aromatic rings. The van der Waals surface area contributed by atoms with Crippen molar-refractivity contribution < 1.29 is 29.1 Å². The topological polar surface area (TPSA) is 133 Å². The maximum Gasteiger partial charge on any atom is 0.414 e. The molecule has 23 heavy (non-hydrogen) atoms. The molecule has 3 N–H and O–H groups in total. The number of hydrogen-bond donors (Lipinski definition) is 3. The van der Waals surface area contributed by atoms with Crippen LogP contribution in [0.3, 0.4) is 0 Å². The normalized spacial score (nSPS) is 17.7. The van der Waals surface area contributed by atoms with Gasteiger partial charge in [-0.2, -0.15) is 0 Å². The van der Waals surface area contributed by atoms with E-state index in [1.165, 1.54) is 12.8 Å². The largest absolute Gasteiger partial charge is 0.473 e. The molecule has 2 rings (SSSR count). The van der Waals surface area contributed by atoms with Crippen molar-refractivity contribution in [3.05, 3.63) is 11.8 Å². The van der Waals surface area contributed by atoms with Crippen LogP contribution in [0.4, 0.5) is 5.82 Å². The van der Waals surface area contributed by atoms with Gasteiger partial charge in [0.25, 0.3) is 0 Å². The number of piperidine rings is 1. The zero-order valence-electron chi connectivity index (χ0n) is 13.1. The Hall–Kier alpha value is -2.42. The maximum atomic E-state index is 11.8. The summed E-state index contributed by atoms with van der Waals surface area (Å²) in [6.45, 7) is 6.48. The molecule has 9 heteroatoms. The third kappa shape index (κ3) is 7.41. The highest BCUT2D eigenvalue weighted by Gasteiger charge is 2.18. The lowest BCUT2D eigenvalue weighted by Crippen LogP contribution is -2.39. The van der Waals surface area contributed by atoms with Crippen LogP contribution < -0.4 is 5.32 Å². The third-order valence-corrected chi connectivity index (χ3v) is 3.19. The standard InChI is InChI=1S/C12H19N3O2.C2H2O4/c1-9-4-3-5-15(7-9)8-12(16)13-11-6-10(2)17-14-11;3-1(4)2(5)6/h6,9H,3-5,7-8H2,1-2H3,(H,13,14,16);(H,3,4)(H,5,6). The van der Waals surface area contributed by atoms with Crippen LogP contribution in [-0.2, 0) is 14.4 Å². The summed E-state index contributed by atoms with van der Waals surface area (Å²) in [5.41, 5.74) is 0. The van der Waals surface area contributed by atoms with Crippen LogP contribution in [0.15, 0.2) is 10.6 Å². The Labute approximate surface area is 133 Å². The van der Waals surface area contributed by atoms with Gasteiger partial charge in [-0.15, -0.1) is 0 Å². The van der Waals surface area contributed by atoms with Gasteiger partial charge in [0.1, 0.15) is 5.76 Å². The molecule has 0 spiro atoms. The molecule has 2 heterocycles. The molecule has 1 saturated heterocycles. The van der Waals surface area contributed by atoms with E-state index in [9.17, 15) is 4.79 Å². The van der Waals surface area contributed by atoms with Crippen LogP contribution in [-0.4, -0.2) is 57.7 Å². The second kappa shape index (κ2) is 8.89. The lowest BCUT2D eigenvalue weighted by molar-refractivity contribution is -0.159. The Morgan fingerprint density at radius 1 is 1.39 bits per heavy atom. The first-order valence-electron chi connectivity index (χ1n) is 7.19. The van der Waals surface area contributed by atoms with Crippen LogP contribution in [0.2, 0.25) is 0 Å². The van der Waals surface area contributed by atoms with Gasteiger partial charge in [0.05, 0.1) is 6.54 Å². The van der Waals surface area contributed by atoms with Crippen LogP contribution in [0, 0.1) is 12.8 Å². The second-order valence-electron chi connectivity index (χ2n) is 5.46. The van der Waals surface area contributed by atoms with Crippen LogP contribution in [0.1, 0.15) is 25.5 Å². The minimum Gasteiger partial charge on any atom is -0.473 e.